The van der Waals surface area contributed by atoms with E-state index >= 15 is 0 Å². The smallest absolute Gasteiger partial charge is 0.151 e. The van der Waals surface area contributed by atoms with Crippen molar-refractivity contribution in [2.24, 2.45) is 0 Å². The summed E-state index contributed by atoms with van der Waals surface area (Å²) < 4.78 is 28.7. The average Bonchev–Trinajstić information content (AvgIpc) is 2.37. The van der Waals surface area contributed by atoms with Crippen LogP contribution in [0.25, 0.3) is 0 Å². The van der Waals surface area contributed by atoms with E-state index in [-0.39, 0.29) is 23.6 Å². The van der Waals surface area contributed by atoms with Crippen molar-refractivity contribution < 1.29 is 13.2 Å². The molecule has 1 aromatic carbocycles. The van der Waals surface area contributed by atoms with Crippen LogP contribution in [-0.2, 0) is 9.84 Å². The summed E-state index contributed by atoms with van der Waals surface area (Å²) in [6.45, 7) is 8.09. The van der Waals surface area contributed by atoms with Gasteiger partial charge < -0.3 is 10.1 Å². The predicted molar refractivity (Wildman–Crippen MR) is 83.1 cm³/mol. The first-order valence-corrected chi connectivity index (χ1v) is 8.80. The molecule has 0 aliphatic rings. The van der Waals surface area contributed by atoms with Crippen LogP contribution in [0, 0.1) is 6.92 Å². The lowest BCUT2D eigenvalue weighted by atomic mass is 10.2. The molecule has 0 fully saturated rings. The lowest BCUT2D eigenvalue weighted by Gasteiger charge is -2.20. The van der Waals surface area contributed by atoms with Gasteiger partial charge in [0.25, 0.3) is 0 Å². The number of benzene rings is 1. The van der Waals surface area contributed by atoms with Gasteiger partial charge in [-0.1, -0.05) is 24.6 Å². The molecule has 2 atom stereocenters. The molecule has 0 saturated carbocycles. The molecule has 0 aliphatic heterocycles. The maximum absolute atomic E-state index is 11.5. The Bertz CT molecular complexity index is 496. The second kappa shape index (κ2) is 7.64. The zero-order valence-electron chi connectivity index (χ0n) is 12.7. The van der Waals surface area contributed by atoms with Crippen LogP contribution in [0.2, 0.25) is 0 Å². The van der Waals surface area contributed by atoms with E-state index in [1.165, 1.54) is 5.56 Å². The van der Waals surface area contributed by atoms with Gasteiger partial charge >= 0.3 is 0 Å². The van der Waals surface area contributed by atoms with E-state index in [1.54, 1.807) is 6.92 Å². The van der Waals surface area contributed by atoms with Gasteiger partial charge in [-0.2, -0.15) is 0 Å². The molecule has 0 aliphatic carbocycles. The molecule has 0 aromatic heterocycles. The minimum Gasteiger partial charge on any atom is -0.492 e. The van der Waals surface area contributed by atoms with E-state index < -0.39 is 9.84 Å². The fourth-order valence-electron chi connectivity index (χ4n) is 1.94. The number of hydrogen-bond acceptors (Lipinski definition) is 4. The SMILES string of the molecule is CCS(=O)(=O)CC(C)NC(C)COc1ccc(C)cc1. The van der Waals surface area contributed by atoms with E-state index in [0.29, 0.717) is 6.61 Å². The molecule has 0 spiro atoms. The van der Waals surface area contributed by atoms with Gasteiger partial charge in [-0.25, -0.2) is 8.42 Å². The van der Waals surface area contributed by atoms with Gasteiger partial charge in [0.2, 0.25) is 0 Å². The molecule has 5 heteroatoms. The Kier molecular flexibility index (Phi) is 6.49. The molecule has 0 amide bonds. The van der Waals surface area contributed by atoms with Crippen LogP contribution in [0.4, 0.5) is 0 Å². The van der Waals surface area contributed by atoms with Crippen molar-refractivity contribution in [3.63, 3.8) is 0 Å². The van der Waals surface area contributed by atoms with Crippen molar-refractivity contribution in [3.05, 3.63) is 29.8 Å². The van der Waals surface area contributed by atoms with Crippen molar-refractivity contribution in [3.8, 4) is 5.75 Å². The summed E-state index contributed by atoms with van der Waals surface area (Å²) in [5.74, 6) is 1.18. The highest BCUT2D eigenvalue weighted by Gasteiger charge is 2.15. The van der Waals surface area contributed by atoms with Gasteiger partial charge in [0.1, 0.15) is 12.4 Å². The molecule has 114 valence electrons. The number of rotatable bonds is 8. The summed E-state index contributed by atoms with van der Waals surface area (Å²) >= 11 is 0. The third kappa shape index (κ3) is 6.39. The Morgan fingerprint density at radius 3 is 2.30 bits per heavy atom. The van der Waals surface area contributed by atoms with Crippen molar-refractivity contribution in [1.82, 2.24) is 5.32 Å². The first kappa shape index (κ1) is 17.0. The van der Waals surface area contributed by atoms with Crippen molar-refractivity contribution in [2.75, 3.05) is 18.1 Å². The molecule has 1 rings (SSSR count). The monoisotopic (exact) mass is 299 g/mol. The number of ether oxygens (including phenoxy) is 1. The molecular formula is C15H25NO3S. The first-order chi connectivity index (χ1) is 9.32. The summed E-state index contributed by atoms with van der Waals surface area (Å²) in [7, 11) is -2.94. The van der Waals surface area contributed by atoms with Crippen molar-refractivity contribution in [1.29, 1.82) is 0 Å². The van der Waals surface area contributed by atoms with Gasteiger partial charge in [-0.05, 0) is 32.9 Å². The molecule has 4 nitrogen and oxygen atoms in total. The Morgan fingerprint density at radius 1 is 1.15 bits per heavy atom. The summed E-state index contributed by atoms with van der Waals surface area (Å²) in [5.41, 5.74) is 1.20. The standard InChI is InChI=1S/C15H25NO3S/c1-5-20(17,18)11-14(4)16-13(3)10-19-15-8-6-12(2)7-9-15/h6-9,13-14,16H,5,10-11H2,1-4H3. The fraction of sp³-hybridized carbons (Fsp3) is 0.600. The van der Waals surface area contributed by atoms with Gasteiger partial charge in [-0.3, -0.25) is 0 Å². The second-order valence-corrected chi connectivity index (χ2v) is 7.69. The molecule has 0 saturated heterocycles. The van der Waals surface area contributed by atoms with Crippen LogP contribution in [0.15, 0.2) is 24.3 Å². The number of nitrogens with one attached hydrogen (secondary N) is 1. The highest BCUT2D eigenvalue weighted by Crippen LogP contribution is 2.11. The highest BCUT2D eigenvalue weighted by molar-refractivity contribution is 7.91. The maximum atomic E-state index is 11.5. The molecule has 20 heavy (non-hydrogen) atoms. The summed E-state index contributed by atoms with van der Waals surface area (Å²) in [5, 5.41) is 3.25. The van der Waals surface area contributed by atoms with Gasteiger partial charge in [0.15, 0.2) is 9.84 Å². The molecule has 0 bridgehead atoms. The number of hydrogen-bond donors (Lipinski definition) is 1. The maximum Gasteiger partial charge on any atom is 0.151 e. The Labute approximate surface area is 122 Å². The lowest BCUT2D eigenvalue weighted by molar-refractivity contribution is 0.266. The van der Waals surface area contributed by atoms with Gasteiger partial charge in [0, 0.05) is 17.8 Å². The molecule has 0 heterocycles. The second-order valence-electron chi connectivity index (χ2n) is 5.29. The van der Waals surface area contributed by atoms with Gasteiger partial charge in [0.05, 0.1) is 5.75 Å². The van der Waals surface area contributed by atoms with E-state index in [1.807, 2.05) is 45.0 Å². The third-order valence-electron chi connectivity index (χ3n) is 3.03. The van der Waals surface area contributed by atoms with E-state index in [2.05, 4.69) is 5.32 Å². The highest BCUT2D eigenvalue weighted by atomic mass is 32.2. The van der Waals surface area contributed by atoms with Crippen LogP contribution < -0.4 is 10.1 Å². The molecular weight excluding hydrogens is 274 g/mol. The molecule has 0 radical (unpaired) electrons. The Morgan fingerprint density at radius 2 is 1.75 bits per heavy atom. The topological polar surface area (TPSA) is 55.4 Å². The van der Waals surface area contributed by atoms with Crippen LogP contribution in [0.3, 0.4) is 0 Å². The quantitative estimate of drug-likeness (QED) is 0.799. The first-order valence-electron chi connectivity index (χ1n) is 6.98. The predicted octanol–water partition coefficient (Wildman–Crippen LogP) is 2.18. The average molecular weight is 299 g/mol. The summed E-state index contributed by atoms with van der Waals surface area (Å²) in [6, 6.07) is 7.91. The zero-order valence-corrected chi connectivity index (χ0v) is 13.5. The molecule has 1 aromatic rings. The lowest BCUT2D eigenvalue weighted by Crippen LogP contribution is -2.42. The fourth-order valence-corrected chi connectivity index (χ4v) is 3.03. The van der Waals surface area contributed by atoms with E-state index in [0.717, 1.165) is 5.75 Å². The van der Waals surface area contributed by atoms with Crippen LogP contribution in [-0.4, -0.2) is 38.6 Å². The van der Waals surface area contributed by atoms with E-state index in [9.17, 15) is 8.42 Å². The van der Waals surface area contributed by atoms with Crippen molar-refractivity contribution in [2.45, 2.75) is 39.8 Å². The molecule has 2 unspecified atom stereocenters. The normalized spacial score (nSPS) is 14.8. The summed E-state index contributed by atoms with van der Waals surface area (Å²) in [4.78, 5) is 0. The van der Waals surface area contributed by atoms with Gasteiger partial charge in [-0.15, -0.1) is 0 Å². The van der Waals surface area contributed by atoms with Crippen LogP contribution >= 0.6 is 0 Å². The zero-order chi connectivity index (χ0) is 15.2. The molecule has 1 N–H and O–H groups in total. The van der Waals surface area contributed by atoms with E-state index in [4.69, 9.17) is 4.74 Å². The largest absolute Gasteiger partial charge is 0.492 e. The minimum atomic E-state index is -2.94. The Balaban J connectivity index is 2.36. The number of aryl methyl sites for hydroxylation is 1. The third-order valence-corrected chi connectivity index (χ3v) is 4.92. The minimum absolute atomic E-state index is 0.0726. The number of sulfone groups is 1. The van der Waals surface area contributed by atoms with Crippen molar-refractivity contribution >= 4 is 9.84 Å². The summed E-state index contributed by atoms with van der Waals surface area (Å²) in [6.07, 6.45) is 0. The Hall–Kier alpha value is -1.07. The van der Waals surface area contributed by atoms with Crippen LogP contribution in [0.5, 0.6) is 5.75 Å². The van der Waals surface area contributed by atoms with Crippen LogP contribution in [0.1, 0.15) is 26.3 Å².